The van der Waals surface area contributed by atoms with Crippen molar-refractivity contribution in [1.82, 2.24) is 0 Å². The van der Waals surface area contributed by atoms with Crippen molar-refractivity contribution in [1.29, 1.82) is 0 Å². The zero-order valence-electron chi connectivity index (χ0n) is 8.27. The van der Waals surface area contributed by atoms with Gasteiger partial charge in [0.2, 0.25) is 5.91 Å². The first-order valence-electron chi connectivity index (χ1n) is 4.66. The van der Waals surface area contributed by atoms with Crippen molar-refractivity contribution in [3.05, 3.63) is 30.9 Å². The first kappa shape index (κ1) is 10.1. The topological polar surface area (TPSA) is 46.3 Å². The highest BCUT2D eigenvalue weighted by molar-refractivity contribution is 8.00. The minimum atomic E-state index is 0.122. The molecule has 4 heteroatoms. The SMILES string of the molecule is C=CCN1C(=O)CSc2cc(N)ccc21. The smallest absolute Gasteiger partial charge is 0.237 e. The maximum atomic E-state index is 11.7. The van der Waals surface area contributed by atoms with E-state index in [0.717, 1.165) is 16.3 Å². The minimum Gasteiger partial charge on any atom is -0.399 e. The Labute approximate surface area is 92.9 Å². The summed E-state index contributed by atoms with van der Waals surface area (Å²) < 4.78 is 0. The van der Waals surface area contributed by atoms with Crippen LogP contribution >= 0.6 is 11.8 Å². The van der Waals surface area contributed by atoms with Crippen LogP contribution in [0.3, 0.4) is 0 Å². The molecule has 3 nitrogen and oxygen atoms in total. The molecule has 2 N–H and O–H groups in total. The molecule has 0 radical (unpaired) electrons. The molecule has 0 spiro atoms. The number of rotatable bonds is 2. The van der Waals surface area contributed by atoms with Gasteiger partial charge in [-0.2, -0.15) is 0 Å². The molecule has 1 heterocycles. The van der Waals surface area contributed by atoms with E-state index in [2.05, 4.69) is 6.58 Å². The summed E-state index contributed by atoms with van der Waals surface area (Å²) >= 11 is 1.54. The average Bonchev–Trinajstić information content (AvgIpc) is 2.22. The summed E-state index contributed by atoms with van der Waals surface area (Å²) in [7, 11) is 0. The summed E-state index contributed by atoms with van der Waals surface area (Å²) in [4.78, 5) is 14.5. The number of nitrogens with two attached hydrogens (primary N) is 1. The summed E-state index contributed by atoms with van der Waals surface area (Å²) in [5, 5.41) is 0. The van der Waals surface area contributed by atoms with Gasteiger partial charge in [0.05, 0.1) is 11.4 Å². The Kier molecular flexibility index (Phi) is 2.68. The average molecular weight is 220 g/mol. The molecule has 15 heavy (non-hydrogen) atoms. The van der Waals surface area contributed by atoms with Gasteiger partial charge in [-0.1, -0.05) is 6.08 Å². The normalized spacial score (nSPS) is 14.9. The van der Waals surface area contributed by atoms with Crippen molar-refractivity contribution >= 4 is 29.0 Å². The maximum absolute atomic E-state index is 11.7. The fraction of sp³-hybridized carbons (Fsp3) is 0.182. The van der Waals surface area contributed by atoms with Gasteiger partial charge in [-0.25, -0.2) is 0 Å². The van der Waals surface area contributed by atoms with Crippen molar-refractivity contribution in [2.75, 3.05) is 22.9 Å². The largest absolute Gasteiger partial charge is 0.399 e. The van der Waals surface area contributed by atoms with Crippen LogP contribution in [-0.2, 0) is 4.79 Å². The number of hydrogen-bond acceptors (Lipinski definition) is 3. The standard InChI is InChI=1S/C11H12N2OS/c1-2-5-13-9-4-3-8(12)6-10(9)15-7-11(13)14/h2-4,6H,1,5,7,12H2. The molecule has 78 valence electrons. The van der Waals surface area contributed by atoms with Crippen LogP contribution in [0.15, 0.2) is 35.7 Å². The molecule has 0 unspecified atom stereocenters. The number of thioether (sulfide) groups is 1. The van der Waals surface area contributed by atoms with Crippen molar-refractivity contribution < 1.29 is 4.79 Å². The van der Waals surface area contributed by atoms with E-state index in [-0.39, 0.29) is 5.91 Å². The quantitative estimate of drug-likeness (QED) is 0.611. The van der Waals surface area contributed by atoms with Crippen molar-refractivity contribution in [2.24, 2.45) is 0 Å². The van der Waals surface area contributed by atoms with Crippen LogP contribution in [0, 0.1) is 0 Å². The van der Waals surface area contributed by atoms with E-state index >= 15 is 0 Å². The lowest BCUT2D eigenvalue weighted by Gasteiger charge is -2.28. The number of nitrogen functional groups attached to an aromatic ring is 1. The molecule has 0 bridgehead atoms. The van der Waals surface area contributed by atoms with Gasteiger partial charge in [0.1, 0.15) is 0 Å². The van der Waals surface area contributed by atoms with Gasteiger partial charge in [0, 0.05) is 17.1 Å². The molecule has 2 rings (SSSR count). The van der Waals surface area contributed by atoms with Gasteiger partial charge in [-0.15, -0.1) is 18.3 Å². The molecule has 0 fully saturated rings. The first-order valence-corrected chi connectivity index (χ1v) is 5.64. The van der Waals surface area contributed by atoms with Crippen LogP contribution in [0.1, 0.15) is 0 Å². The molecule has 0 atom stereocenters. The number of nitrogens with zero attached hydrogens (tertiary/aromatic N) is 1. The number of anilines is 2. The van der Waals surface area contributed by atoms with Crippen molar-refractivity contribution in [3.63, 3.8) is 0 Å². The van der Waals surface area contributed by atoms with Gasteiger partial charge >= 0.3 is 0 Å². The minimum absolute atomic E-state index is 0.122. The maximum Gasteiger partial charge on any atom is 0.237 e. The molecule has 1 aromatic carbocycles. The van der Waals surface area contributed by atoms with E-state index in [1.165, 1.54) is 11.8 Å². The molecule has 0 saturated carbocycles. The number of hydrogen-bond donors (Lipinski definition) is 1. The van der Waals surface area contributed by atoms with E-state index in [1.54, 1.807) is 11.0 Å². The third-order valence-corrected chi connectivity index (χ3v) is 3.27. The van der Waals surface area contributed by atoms with Crippen LogP contribution in [0.4, 0.5) is 11.4 Å². The van der Waals surface area contributed by atoms with Crippen LogP contribution in [-0.4, -0.2) is 18.2 Å². The Balaban J connectivity index is 2.43. The Morgan fingerprint density at radius 3 is 3.13 bits per heavy atom. The second kappa shape index (κ2) is 3.98. The zero-order chi connectivity index (χ0) is 10.8. The third-order valence-electron chi connectivity index (χ3n) is 2.24. The molecule has 1 aliphatic heterocycles. The second-order valence-corrected chi connectivity index (χ2v) is 4.33. The van der Waals surface area contributed by atoms with E-state index in [9.17, 15) is 4.79 Å². The molecule has 1 amide bonds. The van der Waals surface area contributed by atoms with Gasteiger partial charge in [0.15, 0.2) is 0 Å². The summed E-state index contributed by atoms with van der Waals surface area (Å²) in [6, 6.07) is 5.61. The lowest BCUT2D eigenvalue weighted by molar-refractivity contribution is -0.116. The number of amides is 1. The molecule has 0 saturated heterocycles. The highest BCUT2D eigenvalue weighted by Gasteiger charge is 2.23. The zero-order valence-corrected chi connectivity index (χ0v) is 9.09. The molecule has 0 aromatic heterocycles. The van der Waals surface area contributed by atoms with Crippen LogP contribution in [0.2, 0.25) is 0 Å². The van der Waals surface area contributed by atoms with Gasteiger partial charge < -0.3 is 10.6 Å². The lowest BCUT2D eigenvalue weighted by Crippen LogP contribution is -2.35. The molecule has 1 aliphatic rings. The predicted molar refractivity (Wildman–Crippen MR) is 64.1 cm³/mol. The molecular formula is C11H12N2OS. The van der Waals surface area contributed by atoms with Crippen molar-refractivity contribution in [2.45, 2.75) is 4.90 Å². The van der Waals surface area contributed by atoms with Crippen LogP contribution < -0.4 is 10.6 Å². The Morgan fingerprint density at radius 2 is 2.40 bits per heavy atom. The van der Waals surface area contributed by atoms with E-state index in [1.807, 2.05) is 18.2 Å². The van der Waals surface area contributed by atoms with Gasteiger partial charge in [-0.05, 0) is 18.2 Å². The van der Waals surface area contributed by atoms with Gasteiger partial charge in [0.25, 0.3) is 0 Å². The van der Waals surface area contributed by atoms with Crippen molar-refractivity contribution in [3.8, 4) is 0 Å². The first-order chi connectivity index (χ1) is 7.22. The van der Waals surface area contributed by atoms with Gasteiger partial charge in [-0.3, -0.25) is 4.79 Å². The number of carbonyl (C=O) groups excluding carboxylic acids is 1. The fourth-order valence-corrected chi connectivity index (χ4v) is 2.53. The Bertz CT molecular complexity index is 417. The number of fused-ring (bicyclic) bond motifs is 1. The summed E-state index contributed by atoms with van der Waals surface area (Å²) in [5.74, 6) is 0.599. The fourth-order valence-electron chi connectivity index (χ4n) is 1.55. The predicted octanol–water partition coefficient (Wildman–Crippen LogP) is 1.89. The van der Waals surface area contributed by atoms with Crippen LogP contribution in [0.5, 0.6) is 0 Å². The Hall–Kier alpha value is -1.42. The molecule has 1 aromatic rings. The lowest BCUT2D eigenvalue weighted by atomic mass is 10.2. The molecular weight excluding hydrogens is 208 g/mol. The Morgan fingerprint density at radius 1 is 1.60 bits per heavy atom. The van der Waals surface area contributed by atoms with E-state index in [4.69, 9.17) is 5.73 Å². The summed E-state index contributed by atoms with van der Waals surface area (Å²) in [6.07, 6.45) is 1.73. The third kappa shape index (κ3) is 1.85. The second-order valence-electron chi connectivity index (χ2n) is 3.31. The molecule has 0 aliphatic carbocycles. The summed E-state index contributed by atoms with van der Waals surface area (Å²) in [6.45, 7) is 4.21. The number of benzene rings is 1. The monoisotopic (exact) mass is 220 g/mol. The highest BCUT2D eigenvalue weighted by atomic mass is 32.2. The summed E-state index contributed by atoms with van der Waals surface area (Å²) in [5.41, 5.74) is 7.37. The van der Waals surface area contributed by atoms with E-state index < -0.39 is 0 Å². The number of carbonyl (C=O) groups is 1. The van der Waals surface area contributed by atoms with Crippen LogP contribution in [0.25, 0.3) is 0 Å². The highest BCUT2D eigenvalue weighted by Crippen LogP contribution is 2.36. The van der Waals surface area contributed by atoms with E-state index in [0.29, 0.717) is 12.3 Å².